The Bertz CT molecular complexity index is 462. The lowest BCUT2D eigenvalue weighted by Crippen LogP contribution is -2.49. The van der Waals surface area contributed by atoms with Crippen LogP contribution in [0, 0.1) is 0 Å². The maximum Gasteiger partial charge on any atom is 0.249 e. The summed E-state index contributed by atoms with van der Waals surface area (Å²) < 4.78 is 0. The fourth-order valence-corrected chi connectivity index (χ4v) is 1.94. The Kier molecular flexibility index (Phi) is 2.76. The number of hydrogen-bond acceptors (Lipinski definition) is 2. The predicted octanol–water partition coefficient (Wildman–Crippen LogP) is 3.53. The average molecular weight is 259 g/mol. The Morgan fingerprint density at radius 2 is 1.81 bits per heavy atom. The summed E-state index contributed by atoms with van der Waals surface area (Å²) >= 11 is 11.8. The largest absolute Gasteiger partial charge is 0.370 e. The zero-order valence-electron chi connectivity index (χ0n) is 9.03. The van der Waals surface area contributed by atoms with E-state index >= 15 is 0 Å². The van der Waals surface area contributed by atoms with Gasteiger partial charge < -0.3 is 10.6 Å². The van der Waals surface area contributed by atoms with E-state index < -0.39 is 5.54 Å². The molecule has 5 heteroatoms. The van der Waals surface area contributed by atoms with Crippen molar-refractivity contribution in [2.75, 3.05) is 10.6 Å². The van der Waals surface area contributed by atoms with E-state index in [2.05, 4.69) is 10.6 Å². The van der Waals surface area contributed by atoms with E-state index in [1.807, 2.05) is 13.8 Å². The van der Waals surface area contributed by atoms with Gasteiger partial charge in [-0.2, -0.15) is 0 Å². The van der Waals surface area contributed by atoms with E-state index in [4.69, 9.17) is 23.2 Å². The quantitative estimate of drug-likeness (QED) is 0.810. The molecule has 0 spiro atoms. The lowest BCUT2D eigenvalue weighted by Gasteiger charge is -2.35. The maximum atomic E-state index is 11.9. The van der Waals surface area contributed by atoms with Crippen molar-refractivity contribution in [3.05, 3.63) is 22.2 Å². The van der Waals surface area contributed by atoms with Crippen molar-refractivity contribution in [2.45, 2.75) is 25.8 Å². The highest BCUT2D eigenvalue weighted by atomic mass is 35.5. The number of anilines is 2. The summed E-state index contributed by atoms with van der Waals surface area (Å²) in [6.45, 7) is 3.81. The molecule has 1 atom stereocenters. The molecule has 1 aromatic carbocycles. The summed E-state index contributed by atoms with van der Waals surface area (Å²) in [4.78, 5) is 11.9. The number of carbonyl (C=O) groups excluding carboxylic acids is 1. The van der Waals surface area contributed by atoms with Crippen molar-refractivity contribution in [2.24, 2.45) is 0 Å². The third-order valence-electron chi connectivity index (χ3n) is 2.93. The molecule has 0 fully saturated rings. The smallest absolute Gasteiger partial charge is 0.249 e. The molecule has 2 N–H and O–H groups in total. The van der Waals surface area contributed by atoms with Gasteiger partial charge in [-0.25, -0.2) is 0 Å². The highest BCUT2D eigenvalue weighted by Gasteiger charge is 2.36. The second-order valence-electron chi connectivity index (χ2n) is 4.08. The van der Waals surface area contributed by atoms with E-state index in [0.29, 0.717) is 22.2 Å². The Labute approximate surface area is 104 Å². The van der Waals surface area contributed by atoms with E-state index in [0.717, 1.165) is 5.69 Å². The van der Waals surface area contributed by atoms with Crippen LogP contribution in [-0.4, -0.2) is 11.4 Å². The molecule has 0 aliphatic carbocycles. The molecule has 3 nitrogen and oxygen atoms in total. The van der Waals surface area contributed by atoms with E-state index in [1.165, 1.54) is 0 Å². The Morgan fingerprint density at radius 3 is 2.38 bits per heavy atom. The summed E-state index contributed by atoms with van der Waals surface area (Å²) in [7, 11) is 0. The summed E-state index contributed by atoms with van der Waals surface area (Å²) in [5, 5.41) is 6.92. The van der Waals surface area contributed by atoms with Crippen molar-refractivity contribution in [1.82, 2.24) is 0 Å². The first kappa shape index (κ1) is 11.6. The average Bonchev–Trinajstić information content (AvgIpc) is 2.23. The van der Waals surface area contributed by atoms with Crippen LogP contribution in [0.4, 0.5) is 11.4 Å². The molecule has 1 unspecified atom stereocenters. The van der Waals surface area contributed by atoms with Crippen LogP contribution in [0.1, 0.15) is 20.3 Å². The number of rotatable bonds is 1. The third kappa shape index (κ3) is 1.74. The summed E-state index contributed by atoms with van der Waals surface area (Å²) in [5.74, 6) is -0.0547. The molecule has 1 amide bonds. The topological polar surface area (TPSA) is 41.1 Å². The van der Waals surface area contributed by atoms with E-state index in [9.17, 15) is 4.79 Å². The molecule has 0 saturated carbocycles. The SMILES string of the molecule is CCC1(C)Nc2cc(Cl)c(Cl)cc2NC1=O. The monoisotopic (exact) mass is 258 g/mol. The number of amides is 1. The van der Waals surface area contributed by atoms with Gasteiger partial charge in [-0.15, -0.1) is 0 Å². The lowest BCUT2D eigenvalue weighted by molar-refractivity contribution is -0.120. The number of fused-ring (bicyclic) bond motifs is 1. The van der Waals surface area contributed by atoms with Gasteiger partial charge in [0.25, 0.3) is 0 Å². The number of nitrogens with one attached hydrogen (secondary N) is 2. The van der Waals surface area contributed by atoms with Gasteiger partial charge >= 0.3 is 0 Å². The zero-order valence-corrected chi connectivity index (χ0v) is 10.5. The summed E-state index contributed by atoms with van der Waals surface area (Å²) in [6.07, 6.45) is 0.693. The van der Waals surface area contributed by atoms with Crippen LogP contribution in [0.3, 0.4) is 0 Å². The molecule has 1 aromatic rings. The minimum atomic E-state index is -0.593. The number of carbonyl (C=O) groups is 1. The highest BCUT2D eigenvalue weighted by molar-refractivity contribution is 6.42. The van der Waals surface area contributed by atoms with Gasteiger partial charge in [0.1, 0.15) is 5.54 Å². The van der Waals surface area contributed by atoms with E-state index in [-0.39, 0.29) is 5.91 Å². The predicted molar refractivity (Wildman–Crippen MR) is 67.4 cm³/mol. The maximum absolute atomic E-state index is 11.9. The van der Waals surface area contributed by atoms with Crippen molar-refractivity contribution in [3.63, 3.8) is 0 Å². The van der Waals surface area contributed by atoms with Crippen LogP contribution >= 0.6 is 23.2 Å². The number of halogens is 2. The molecule has 16 heavy (non-hydrogen) atoms. The molecule has 0 radical (unpaired) electrons. The van der Waals surface area contributed by atoms with Crippen LogP contribution < -0.4 is 10.6 Å². The van der Waals surface area contributed by atoms with Crippen molar-refractivity contribution >= 4 is 40.5 Å². The molecule has 0 saturated heterocycles. The van der Waals surface area contributed by atoms with E-state index in [1.54, 1.807) is 12.1 Å². The molecular formula is C11H12Cl2N2O. The third-order valence-corrected chi connectivity index (χ3v) is 3.65. The standard InChI is InChI=1S/C11H12Cl2N2O/c1-3-11(2)10(16)14-8-4-6(12)7(13)5-9(8)15-11/h4-5,15H,3H2,1-2H3,(H,14,16). The van der Waals surface area contributed by atoms with Crippen LogP contribution in [-0.2, 0) is 4.79 Å². The lowest BCUT2D eigenvalue weighted by atomic mass is 9.94. The van der Waals surface area contributed by atoms with Gasteiger partial charge in [-0.05, 0) is 25.5 Å². The van der Waals surface area contributed by atoms with Crippen molar-refractivity contribution < 1.29 is 4.79 Å². The first-order valence-electron chi connectivity index (χ1n) is 5.05. The second kappa shape index (κ2) is 3.82. The molecule has 86 valence electrons. The van der Waals surface area contributed by atoms with Crippen molar-refractivity contribution in [1.29, 1.82) is 0 Å². The van der Waals surface area contributed by atoms with Crippen LogP contribution in [0.25, 0.3) is 0 Å². The fraction of sp³-hybridized carbons (Fsp3) is 0.364. The molecule has 0 aromatic heterocycles. The zero-order chi connectivity index (χ0) is 11.9. The second-order valence-corrected chi connectivity index (χ2v) is 4.89. The summed E-state index contributed by atoms with van der Waals surface area (Å²) in [6, 6.07) is 3.38. The van der Waals surface area contributed by atoms with Gasteiger partial charge in [-0.1, -0.05) is 30.1 Å². The molecule has 2 rings (SSSR count). The molecule has 0 bridgehead atoms. The van der Waals surface area contributed by atoms with Gasteiger partial charge in [-0.3, -0.25) is 4.79 Å². The minimum absolute atomic E-state index is 0.0547. The minimum Gasteiger partial charge on any atom is -0.370 e. The van der Waals surface area contributed by atoms with Gasteiger partial charge in [0.05, 0.1) is 21.4 Å². The molecule has 1 aliphatic heterocycles. The fourth-order valence-electron chi connectivity index (χ4n) is 1.62. The number of hydrogen-bond donors (Lipinski definition) is 2. The Hall–Kier alpha value is -0.930. The first-order chi connectivity index (χ1) is 7.46. The van der Waals surface area contributed by atoms with Crippen LogP contribution in [0.2, 0.25) is 10.0 Å². The Balaban J connectivity index is 2.47. The van der Waals surface area contributed by atoms with Crippen molar-refractivity contribution in [3.8, 4) is 0 Å². The Morgan fingerprint density at radius 1 is 1.25 bits per heavy atom. The van der Waals surface area contributed by atoms with Gasteiger partial charge in [0, 0.05) is 0 Å². The van der Waals surface area contributed by atoms with Crippen LogP contribution in [0.5, 0.6) is 0 Å². The molecule has 1 aliphatic rings. The first-order valence-corrected chi connectivity index (χ1v) is 5.80. The number of benzene rings is 1. The molecule has 1 heterocycles. The van der Waals surface area contributed by atoms with Gasteiger partial charge in [0.2, 0.25) is 5.91 Å². The summed E-state index contributed by atoms with van der Waals surface area (Å²) in [5.41, 5.74) is 0.883. The van der Waals surface area contributed by atoms with Gasteiger partial charge in [0.15, 0.2) is 0 Å². The van der Waals surface area contributed by atoms with Crippen LogP contribution in [0.15, 0.2) is 12.1 Å². The highest BCUT2D eigenvalue weighted by Crippen LogP contribution is 2.37. The normalized spacial score (nSPS) is 23.4. The molecular weight excluding hydrogens is 247 g/mol.